The van der Waals surface area contributed by atoms with E-state index in [9.17, 15) is 13.6 Å². The van der Waals surface area contributed by atoms with Crippen LogP contribution in [-0.2, 0) is 24.2 Å². The molecule has 4 heteroatoms. The van der Waals surface area contributed by atoms with Crippen LogP contribution in [0.2, 0.25) is 0 Å². The zero-order valence-corrected chi connectivity index (χ0v) is 17.5. The third-order valence-corrected chi connectivity index (χ3v) is 5.41. The quantitative estimate of drug-likeness (QED) is 0.659. The van der Waals surface area contributed by atoms with Gasteiger partial charge in [-0.05, 0) is 71.7 Å². The fraction of sp³-hybridized carbons (Fsp3) is 0.458. The van der Waals surface area contributed by atoms with Crippen molar-refractivity contribution in [2.24, 2.45) is 5.41 Å². The second-order valence-electron chi connectivity index (χ2n) is 9.20. The SMILES string of the molecule is Cc1cc2c(c(C)c1CC(=O)CC(C)(C)C)CCN2Cc1cc(F)cc(F)c1. The van der Waals surface area contributed by atoms with E-state index >= 15 is 0 Å². The van der Waals surface area contributed by atoms with E-state index in [4.69, 9.17) is 0 Å². The molecule has 2 aromatic carbocycles. The normalized spacial score (nSPS) is 13.8. The minimum absolute atomic E-state index is 0.00729. The number of aryl methyl sites for hydroxylation is 1. The van der Waals surface area contributed by atoms with Crippen molar-refractivity contribution in [3.05, 3.63) is 63.7 Å². The number of nitrogens with zero attached hydrogens (tertiary/aromatic N) is 1. The van der Waals surface area contributed by atoms with Crippen LogP contribution in [-0.4, -0.2) is 12.3 Å². The Morgan fingerprint density at radius 1 is 1.07 bits per heavy atom. The maximum absolute atomic E-state index is 13.5. The van der Waals surface area contributed by atoms with E-state index in [1.165, 1.54) is 23.3 Å². The molecule has 150 valence electrons. The number of ketones is 1. The number of benzene rings is 2. The van der Waals surface area contributed by atoms with Crippen LogP contribution in [0, 0.1) is 30.9 Å². The van der Waals surface area contributed by atoms with Crippen LogP contribution in [0.1, 0.15) is 55.0 Å². The summed E-state index contributed by atoms with van der Waals surface area (Å²) in [4.78, 5) is 14.7. The van der Waals surface area contributed by atoms with Crippen molar-refractivity contribution >= 4 is 11.5 Å². The van der Waals surface area contributed by atoms with Crippen molar-refractivity contribution in [2.45, 2.75) is 60.4 Å². The van der Waals surface area contributed by atoms with Gasteiger partial charge in [0.05, 0.1) is 0 Å². The Kier molecular flexibility index (Phi) is 5.60. The second-order valence-corrected chi connectivity index (χ2v) is 9.20. The first-order valence-corrected chi connectivity index (χ1v) is 9.87. The van der Waals surface area contributed by atoms with Gasteiger partial charge < -0.3 is 4.90 Å². The van der Waals surface area contributed by atoms with Gasteiger partial charge in [0.1, 0.15) is 17.4 Å². The molecule has 0 saturated carbocycles. The van der Waals surface area contributed by atoms with Gasteiger partial charge in [-0.3, -0.25) is 4.79 Å². The highest BCUT2D eigenvalue weighted by atomic mass is 19.1. The lowest BCUT2D eigenvalue weighted by Gasteiger charge is -2.22. The lowest BCUT2D eigenvalue weighted by Crippen LogP contribution is -2.20. The molecule has 3 rings (SSSR count). The second kappa shape index (κ2) is 7.65. The Labute approximate surface area is 166 Å². The lowest BCUT2D eigenvalue weighted by atomic mass is 9.86. The van der Waals surface area contributed by atoms with Crippen LogP contribution in [0.5, 0.6) is 0 Å². The molecule has 2 nitrogen and oxygen atoms in total. The molecule has 0 fully saturated rings. The van der Waals surface area contributed by atoms with Crippen molar-refractivity contribution in [1.29, 1.82) is 0 Å². The molecule has 0 N–H and O–H groups in total. The molecule has 0 bridgehead atoms. The Bertz CT molecular complexity index is 892. The molecule has 0 spiro atoms. The molecule has 0 aliphatic carbocycles. The van der Waals surface area contributed by atoms with Gasteiger partial charge in [0.15, 0.2) is 0 Å². The molecule has 28 heavy (non-hydrogen) atoms. The molecule has 1 heterocycles. The molecule has 0 amide bonds. The summed E-state index contributed by atoms with van der Waals surface area (Å²) in [6, 6.07) is 5.81. The predicted octanol–water partition coefficient (Wildman–Crippen LogP) is 5.69. The van der Waals surface area contributed by atoms with E-state index in [0.29, 0.717) is 24.9 Å². The number of halogens is 2. The zero-order chi connectivity index (χ0) is 20.6. The zero-order valence-electron chi connectivity index (χ0n) is 17.5. The number of fused-ring (bicyclic) bond motifs is 1. The Morgan fingerprint density at radius 2 is 1.71 bits per heavy atom. The van der Waals surface area contributed by atoms with Crippen LogP contribution < -0.4 is 4.90 Å². The molecule has 0 atom stereocenters. The van der Waals surface area contributed by atoms with Crippen LogP contribution in [0.25, 0.3) is 0 Å². The third-order valence-electron chi connectivity index (χ3n) is 5.41. The predicted molar refractivity (Wildman–Crippen MR) is 110 cm³/mol. The number of rotatable bonds is 5. The standard InChI is InChI=1S/C24H29F2NO/c1-15-8-23-21(16(2)22(15)12-20(28)13-24(3,4)5)6-7-27(23)14-17-9-18(25)11-19(26)10-17/h8-11H,6-7,12-14H2,1-5H3. The van der Waals surface area contributed by atoms with Crippen LogP contribution >= 0.6 is 0 Å². The van der Waals surface area contributed by atoms with Gasteiger partial charge in [0, 0.05) is 37.7 Å². The first-order chi connectivity index (χ1) is 13.0. The fourth-order valence-electron chi connectivity index (χ4n) is 4.22. The molecular weight excluding hydrogens is 356 g/mol. The number of carbonyl (C=O) groups is 1. The highest BCUT2D eigenvalue weighted by molar-refractivity contribution is 5.83. The minimum atomic E-state index is -0.547. The smallest absolute Gasteiger partial charge is 0.137 e. The summed E-state index contributed by atoms with van der Waals surface area (Å²) >= 11 is 0. The van der Waals surface area contributed by atoms with E-state index in [2.05, 4.69) is 38.7 Å². The highest BCUT2D eigenvalue weighted by Crippen LogP contribution is 2.36. The minimum Gasteiger partial charge on any atom is -0.367 e. The van der Waals surface area contributed by atoms with Crippen molar-refractivity contribution in [2.75, 3.05) is 11.4 Å². The van der Waals surface area contributed by atoms with Gasteiger partial charge in [-0.25, -0.2) is 8.78 Å². The molecule has 0 radical (unpaired) electrons. The van der Waals surface area contributed by atoms with Crippen molar-refractivity contribution in [1.82, 2.24) is 0 Å². The fourth-order valence-corrected chi connectivity index (χ4v) is 4.22. The van der Waals surface area contributed by atoms with Gasteiger partial charge in [-0.2, -0.15) is 0 Å². The summed E-state index contributed by atoms with van der Waals surface area (Å²) in [6.07, 6.45) is 1.93. The van der Waals surface area contributed by atoms with Crippen molar-refractivity contribution in [3.8, 4) is 0 Å². The number of hydrogen-bond acceptors (Lipinski definition) is 2. The summed E-state index contributed by atoms with van der Waals surface area (Å²) in [6.45, 7) is 11.7. The molecule has 2 aromatic rings. The first kappa shape index (κ1) is 20.5. The first-order valence-electron chi connectivity index (χ1n) is 9.87. The highest BCUT2D eigenvalue weighted by Gasteiger charge is 2.25. The van der Waals surface area contributed by atoms with E-state index in [-0.39, 0.29) is 11.2 Å². The van der Waals surface area contributed by atoms with E-state index in [0.717, 1.165) is 35.8 Å². The Balaban J connectivity index is 1.85. The van der Waals surface area contributed by atoms with Gasteiger partial charge >= 0.3 is 0 Å². The average Bonchev–Trinajstić information content (AvgIpc) is 2.91. The molecular formula is C24H29F2NO. The largest absolute Gasteiger partial charge is 0.367 e. The van der Waals surface area contributed by atoms with E-state index < -0.39 is 11.6 Å². The summed E-state index contributed by atoms with van der Waals surface area (Å²) in [5.74, 6) is -0.826. The molecule has 0 saturated heterocycles. The number of Topliss-reactive ketones (excluding diaryl/α,β-unsaturated/α-hetero) is 1. The Morgan fingerprint density at radius 3 is 2.32 bits per heavy atom. The molecule has 0 aromatic heterocycles. The van der Waals surface area contributed by atoms with E-state index in [1.54, 1.807) is 0 Å². The maximum Gasteiger partial charge on any atom is 0.137 e. The Hall–Kier alpha value is -2.23. The lowest BCUT2D eigenvalue weighted by molar-refractivity contribution is -0.120. The molecule has 0 unspecified atom stereocenters. The summed E-state index contributed by atoms with van der Waals surface area (Å²) < 4.78 is 27.1. The topological polar surface area (TPSA) is 20.3 Å². The van der Waals surface area contributed by atoms with E-state index in [1.807, 2.05) is 6.92 Å². The maximum atomic E-state index is 13.5. The molecule has 1 aliphatic rings. The summed E-state index contributed by atoms with van der Waals surface area (Å²) in [5, 5.41) is 0. The van der Waals surface area contributed by atoms with Gasteiger partial charge in [-0.15, -0.1) is 0 Å². The van der Waals surface area contributed by atoms with Gasteiger partial charge in [-0.1, -0.05) is 20.8 Å². The van der Waals surface area contributed by atoms with Gasteiger partial charge in [0.2, 0.25) is 0 Å². The number of anilines is 1. The van der Waals surface area contributed by atoms with Gasteiger partial charge in [0.25, 0.3) is 0 Å². The van der Waals surface area contributed by atoms with Crippen LogP contribution in [0.3, 0.4) is 0 Å². The monoisotopic (exact) mass is 385 g/mol. The van der Waals surface area contributed by atoms with Crippen LogP contribution in [0.4, 0.5) is 14.5 Å². The van der Waals surface area contributed by atoms with Crippen LogP contribution in [0.15, 0.2) is 24.3 Å². The van der Waals surface area contributed by atoms with Crippen molar-refractivity contribution < 1.29 is 13.6 Å². The average molecular weight is 385 g/mol. The third kappa shape index (κ3) is 4.60. The number of carbonyl (C=O) groups excluding carboxylic acids is 1. The summed E-state index contributed by atoms with van der Waals surface area (Å²) in [5.41, 5.74) is 6.41. The molecule has 1 aliphatic heterocycles. The number of hydrogen-bond donors (Lipinski definition) is 0. The van der Waals surface area contributed by atoms with Crippen molar-refractivity contribution in [3.63, 3.8) is 0 Å². The summed E-state index contributed by atoms with van der Waals surface area (Å²) in [7, 11) is 0.